The van der Waals surface area contributed by atoms with Gasteiger partial charge in [-0.3, -0.25) is 10.1 Å². The second-order valence-corrected chi connectivity index (χ2v) is 4.06. The molecule has 6 heteroatoms. The fraction of sp³-hybridized carbons (Fsp3) is 0. The van der Waals surface area contributed by atoms with E-state index in [0.29, 0.717) is 16.1 Å². The van der Waals surface area contributed by atoms with E-state index < -0.39 is 10.7 Å². The van der Waals surface area contributed by atoms with Crippen molar-refractivity contribution >= 4 is 23.0 Å². The molecule has 0 aliphatic carbocycles. The maximum absolute atomic E-state index is 13.2. The number of benzene rings is 2. The van der Waals surface area contributed by atoms with Gasteiger partial charge in [-0.1, -0.05) is 17.7 Å². The zero-order chi connectivity index (χ0) is 13.3. The highest BCUT2D eigenvalue weighted by Crippen LogP contribution is 2.33. The Morgan fingerprint density at radius 3 is 2.61 bits per heavy atom. The number of nitrogens with two attached hydrogens (primary N) is 1. The second-order valence-electron chi connectivity index (χ2n) is 3.65. The van der Waals surface area contributed by atoms with Crippen LogP contribution in [0.2, 0.25) is 5.02 Å². The van der Waals surface area contributed by atoms with E-state index in [2.05, 4.69) is 0 Å². The minimum atomic E-state index is -0.591. The van der Waals surface area contributed by atoms with Gasteiger partial charge in [0, 0.05) is 16.7 Å². The first-order chi connectivity index (χ1) is 8.49. The maximum Gasteiger partial charge on any atom is 0.292 e. The van der Waals surface area contributed by atoms with Crippen molar-refractivity contribution in [3.63, 3.8) is 0 Å². The summed E-state index contributed by atoms with van der Waals surface area (Å²) in [5.74, 6) is -0.464. The molecule has 92 valence electrons. The summed E-state index contributed by atoms with van der Waals surface area (Å²) in [4.78, 5) is 10.2. The first-order valence-electron chi connectivity index (χ1n) is 4.98. The zero-order valence-corrected chi connectivity index (χ0v) is 9.82. The molecular formula is C12H8ClFN2O2. The second kappa shape index (κ2) is 4.62. The summed E-state index contributed by atoms with van der Waals surface area (Å²) in [5.41, 5.74) is 6.14. The quantitative estimate of drug-likeness (QED) is 0.512. The van der Waals surface area contributed by atoms with E-state index in [-0.39, 0.29) is 11.4 Å². The Kier molecular flexibility index (Phi) is 3.16. The normalized spacial score (nSPS) is 10.3. The number of nitro benzene ring substituents is 1. The average Bonchev–Trinajstić information content (AvgIpc) is 2.33. The van der Waals surface area contributed by atoms with Gasteiger partial charge in [-0.25, -0.2) is 4.39 Å². The highest BCUT2D eigenvalue weighted by Gasteiger charge is 2.14. The highest BCUT2D eigenvalue weighted by molar-refractivity contribution is 6.33. The molecule has 0 aromatic heterocycles. The molecular weight excluding hydrogens is 259 g/mol. The van der Waals surface area contributed by atoms with E-state index in [4.69, 9.17) is 17.3 Å². The molecule has 2 aromatic carbocycles. The van der Waals surface area contributed by atoms with Crippen LogP contribution in [0.3, 0.4) is 0 Å². The summed E-state index contributed by atoms with van der Waals surface area (Å²) >= 11 is 5.93. The topological polar surface area (TPSA) is 69.2 Å². The van der Waals surface area contributed by atoms with E-state index in [0.717, 1.165) is 0 Å². The molecule has 0 heterocycles. The van der Waals surface area contributed by atoms with Crippen LogP contribution in [-0.2, 0) is 0 Å². The first-order valence-corrected chi connectivity index (χ1v) is 5.36. The van der Waals surface area contributed by atoms with E-state index in [9.17, 15) is 14.5 Å². The van der Waals surface area contributed by atoms with Crippen molar-refractivity contribution in [2.45, 2.75) is 0 Å². The number of rotatable bonds is 2. The molecule has 0 aliphatic heterocycles. The van der Waals surface area contributed by atoms with Crippen LogP contribution in [-0.4, -0.2) is 4.92 Å². The monoisotopic (exact) mass is 266 g/mol. The minimum Gasteiger partial charge on any atom is -0.393 e. The molecule has 0 amide bonds. The summed E-state index contributed by atoms with van der Waals surface area (Å²) in [7, 11) is 0. The Balaban J connectivity index is 2.61. The molecule has 0 bridgehead atoms. The molecule has 0 unspecified atom stereocenters. The van der Waals surface area contributed by atoms with Crippen molar-refractivity contribution in [2.75, 3.05) is 5.73 Å². The van der Waals surface area contributed by atoms with Crippen molar-refractivity contribution in [3.8, 4) is 11.1 Å². The van der Waals surface area contributed by atoms with Crippen molar-refractivity contribution in [3.05, 3.63) is 57.4 Å². The minimum absolute atomic E-state index is 0.0521. The third-order valence-electron chi connectivity index (χ3n) is 2.47. The zero-order valence-electron chi connectivity index (χ0n) is 9.06. The van der Waals surface area contributed by atoms with Crippen molar-refractivity contribution < 1.29 is 9.31 Å². The van der Waals surface area contributed by atoms with Crippen LogP contribution in [0.4, 0.5) is 15.8 Å². The molecule has 0 fully saturated rings. The van der Waals surface area contributed by atoms with Crippen LogP contribution < -0.4 is 5.73 Å². The van der Waals surface area contributed by atoms with Crippen molar-refractivity contribution in [2.24, 2.45) is 0 Å². The van der Waals surface area contributed by atoms with Crippen LogP contribution in [0.5, 0.6) is 0 Å². The fourth-order valence-electron chi connectivity index (χ4n) is 1.59. The molecule has 2 N–H and O–H groups in total. The van der Waals surface area contributed by atoms with Gasteiger partial charge < -0.3 is 5.73 Å². The molecule has 0 atom stereocenters. The number of nitrogens with zero attached hydrogens (tertiary/aromatic N) is 1. The third kappa shape index (κ3) is 2.26. The lowest BCUT2D eigenvalue weighted by Gasteiger charge is -2.05. The van der Waals surface area contributed by atoms with Gasteiger partial charge in [0.1, 0.15) is 11.5 Å². The standard InChI is InChI=1S/C12H8ClFN2O2/c13-10-3-2-8(14)6-9(10)7-1-4-11(15)12(5-7)16(17)18/h1-6H,15H2. The van der Waals surface area contributed by atoms with E-state index >= 15 is 0 Å². The van der Waals surface area contributed by atoms with Crippen LogP contribution >= 0.6 is 11.6 Å². The van der Waals surface area contributed by atoms with Gasteiger partial charge in [0.05, 0.1) is 4.92 Å². The van der Waals surface area contributed by atoms with Crippen LogP contribution in [0.25, 0.3) is 11.1 Å². The molecule has 0 radical (unpaired) electrons. The van der Waals surface area contributed by atoms with Gasteiger partial charge in [0.15, 0.2) is 0 Å². The lowest BCUT2D eigenvalue weighted by Crippen LogP contribution is -1.96. The fourth-order valence-corrected chi connectivity index (χ4v) is 1.81. The molecule has 4 nitrogen and oxygen atoms in total. The Hall–Kier alpha value is -2.14. The number of nitrogen functional groups attached to an aromatic ring is 1. The van der Waals surface area contributed by atoms with E-state index in [1.54, 1.807) is 6.07 Å². The SMILES string of the molecule is Nc1ccc(-c2cc(F)ccc2Cl)cc1[N+](=O)[O-]. The van der Waals surface area contributed by atoms with Gasteiger partial charge >= 0.3 is 0 Å². The Labute approximate surface area is 107 Å². The van der Waals surface area contributed by atoms with Gasteiger partial charge in [-0.05, 0) is 29.8 Å². The lowest BCUT2D eigenvalue weighted by atomic mass is 10.0. The largest absolute Gasteiger partial charge is 0.393 e. The molecule has 18 heavy (non-hydrogen) atoms. The van der Waals surface area contributed by atoms with Crippen LogP contribution in [0.15, 0.2) is 36.4 Å². The van der Waals surface area contributed by atoms with E-state index in [1.165, 1.54) is 30.3 Å². The summed E-state index contributed by atoms with van der Waals surface area (Å²) in [5, 5.41) is 11.1. The predicted octanol–water partition coefficient (Wildman–Crippen LogP) is 3.64. The molecule has 0 spiro atoms. The average molecular weight is 267 g/mol. The summed E-state index contributed by atoms with van der Waals surface area (Å²) in [6.45, 7) is 0. The highest BCUT2D eigenvalue weighted by atomic mass is 35.5. The van der Waals surface area contributed by atoms with Gasteiger partial charge in [0.2, 0.25) is 0 Å². The molecule has 0 saturated heterocycles. The predicted molar refractivity (Wildman–Crippen MR) is 67.9 cm³/mol. The van der Waals surface area contributed by atoms with Crippen LogP contribution in [0, 0.1) is 15.9 Å². The summed E-state index contributed by atoms with van der Waals surface area (Å²) < 4.78 is 13.2. The Bertz CT molecular complexity index is 631. The lowest BCUT2D eigenvalue weighted by molar-refractivity contribution is -0.383. The maximum atomic E-state index is 13.2. The van der Waals surface area contributed by atoms with Crippen molar-refractivity contribution in [1.29, 1.82) is 0 Å². The van der Waals surface area contributed by atoms with Gasteiger partial charge in [-0.2, -0.15) is 0 Å². The third-order valence-corrected chi connectivity index (χ3v) is 2.80. The molecule has 0 aliphatic rings. The molecule has 0 saturated carbocycles. The van der Waals surface area contributed by atoms with Gasteiger partial charge in [0.25, 0.3) is 5.69 Å². The number of hydrogen-bond acceptors (Lipinski definition) is 3. The van der Waals surface area contributed by atoms with Crippen molar-refractivity contribution in [1.82, 2.24) is 0 Å². The molecule has 2 rings (SSSR count). The van der Waals surface area contributed by atoms with E-state index in [1.807, 2.05) is 0 Å². The number of nitro groups is 1. The number of anilines is 1. The first kappa shape index (κ1) is 12.3. The summed E-state index contributed by atoms with van der Waals surface area (Å²) in [6, 6.07) is 8.07. The number of hydrogen-bond donors (Lipinski definition) is 1. The smallest absolute Gasteiger partial charge is 0.292 e. The summed E-state index contributed by atoms with van der Waals surface area (Å²) in [6.07, 6.45) is 0. The molecule has 2 aromatic rings. The number of halogens is 2. The Morgan fingerprint density at radius 2 is 1.94 bits per heavy atom. The van der Waals surface area contributed by atoms with Crippen LogP contribution in [0.1, 0.15) is 0 Å². The Morgan fingerprint density at radius 1 is 1.22 bits per heavy atom. The van der Waals surface area contributed by atoms with Gasteiger partial charge in [-0.15, -0.1) is 0 Å².